The van der Waals surface area contributed by atoms with Gasteiger partial charge in [-0.05, 0) is 24.4 Å². The van der Waals surface area contributed by atoms with Crippen LogP contribution in [0.1, 0.15) is 36.0 Å². The number of rotatable bonds is 3. The lowest BCUT2D eigenvalue weighted by Crippen LogP contribution is -2.19. The molecule has 0 unspecified atom stereocenters. The smallest absolute Gasteiger partial charge is 0.255 e. The van der Waals surface area contributed by atoms with Crippen molar-refractivity contribution in [3.63, 3.8) is 0 Å². The second kappa shape index (κ2) is 4.06. The van der Waals surface area contributed by atoms with Crippen molar-refractivity contribution in [2.45, 2.75) is 31.7 Å². The van der Waals surface area contributed by atoms with E-state index in [1.807, 2.05) is 0 Å². The molecular formula is C9H14N4OS. The number of nitrogen functional groups attached to an aromatic ring is 1. The molecule has 0 saturated heterocycles. The third-order valence-corrected chi connectivity index (χ3v) is 3.45. The zero-order valence-electron chi connectivity index (χ0n) is 8.32. The SMILES string of the molecule is NC(=O)c1c(N)nsc1NC1CCCC1. The van der Waals surface area contributed by atoms with Crippen LogP contribution in [-0.4, -0.2) is 16.3 Å². The fraction of sp³-hybridized carbons (Fsp3) is 0.556. The zero-order chi connectivity index (χ0) is 10.8. The molecule has 1 amide bonds. The maximum absolute atomic E-state index is 11.1. The van der Waals surface area contributed by atoms with E-state index < -0.39 is 5.91 Å². The largest absolute Gasteiger partial charge is 0.382 e. The average molecular weight is 226 g/mol. The summed E-state index contributed by atoms with van der Waals surface area (Å²) in [7, 11) is 0. The van der Waals surface area contributed by atoms with Crippen LogP contribution in [0.15, 0.2) is 0 Å². The molecule has 1 aromatic rings. The van der Waals surface area contributed by atoms with E-state index >= 15 is 0 Å². The van der Waals surface area contributed by atoms with Crippen molar-refractivity contribution < 1.29 is 4.79 Å². The first-order chi connectivity index (χ1) is 7.18. The topological polar surface area (TPSA) is 94.0 Å². The van der Waals surface area contributed by atoms with Crippen LogP contribution < -0.4 is 16.8 Å². The Hall–Kier alpha value is -1.30. The minimum Gasteiger partial charge on any atom is -0.382 e. The third-order valence-electron chi connectivity index (χ3n) is 2.66. The van der Waals surface area contributed by atoms with E-state index in [1.54, 1.807) is 0 Å². The summed E-state index contributed by atoms with van der Waals surface area (Å²) >= 11 is 1.20. The highest BCUT2D eigenvalue weighted by Gasteiger charge is 2.21. The normalized spacial score (nSPS) is 16.8. The van der Waals surface area contributed by atoms with Gasteiger partial charge in [-0.2, -0.15) is 4.37 Å². The first-order valence-electron chi connectivity index (χ1n) is 5.00. The minimum atomic E-state index is -0.512. The van der Waals surface area contributed by atoms with Gasteiger partial charge in [0.1, 0.15) is 10.6 Å². The molecule has 82 valence electrons. The number of nitrogens with two attached hydrogens (primary N) is 2. The molecule has 6 heteroatoms. The van der Waals surface area contributed by atoms with Gasteiger partial charge in [-0.15, -0.1) is 0 Å². The van der Waals surface area contributed by atoms with Gasteiger partial charge in [0.25, 0.3) is 5.91 Å². The van der Waals surface area contributed by atoms with Crippen LogP contribution in [0.2, 0.25) is 0 Å². The summed E-state index contributed by atoms with van der Waals surface area (Å²) in [5.74, 6) is -0.283. The van der Waals surface area contributed by atoms with Crippen molar-refractivity contribution in [3.05, 3.63) is 5.56 Å². The molecule has 1 aromatic heterocycles. The highest BCUT2D eigenvalue weighted by atomic mass is 32.1. The summed E-state index contributed by atoms with van der Waals surface area (Å²) in [5.41, 5.74) is 11.2. The second-order valence-corrected chi connectivity index (χ2v) is 4.54. The fourth-order valence-corrected chi connectivity index (χ4v) is 2.69. The number of hydrogen-bond donors (Lipinski definition) is 3. The molecule has 5 N–H and O–H groups in total. The standard InChI is InChI=1S/C9H14N4OS/c10-7-6(8(11)14)9(15-13-7)12-5-3-1-2-4-5/h5,12H,1-4H2,(H2,10,13)(H2,11,14). The van der Waals surface area contributed by atoms with Crippen LogP contribution in [0.4, 0.5) is 10.8 Å². The molecule has 0 spiro atoms. The predicted molar refractivity (Wildman–Crippen MR) is 60.9 cm³/mol. The lowest BCUT2D eigenvalue weighted by molar-refractivity contribution is 0.100. The number of primary amides is 1. The molecule has 2 rings (SSSR count). The first kappa shape index (κ1) is 10.2. The number of nitrogens with zero attached hydrogens (tertiary/aromatic N) is 1. The van der Waals surface area contributed by atoms with Crippen LogP contribution in [0.25, 0.3) is 0 Å². The first-order valence-corrected chi connectivity index (χ1v) is 5.77. The summed E-state index contributed by atoms with van der Waals surface area (Å²) in [6.45, 7) is 0. The number of aromatic nitrogens is 1. The van der Waals surface area contributed by atoms with Gasteiger partial charge in [-0.3, -0.25) is 4.79 Å². The van der Waals surface area contributed by atoms with Gasteiger partial charge in [0.05, 0.1) is 0 Å². The molecule has 15 heavy (non-hydrogen) atoms. The Labute approximate surface area is 92.0 Å². The molecule has 5 nitrogen and oxygen atoms in total. The van der Waals surface area contributed by atoms with Crippen LogP contribution >= 0.6 is 11.5 Å². The van der Waals surface area contributed by atoms with Crippen LogP contribution in [0, 0.1) is 0 Å². The summed E-state index contributed by atoms with van der Waals surface area (Å²) in [5, 5.41) is 4.00. The van der Waals surface area contributed by atoms with E-state index in [1.165, 1.54) is 24.4 Å². The highest BCUT2D eigenvalue weighted by Crippen LogP contribution is 2.30. The lowest BCUT2D eigenvalue weighted by atomic mass is 10.2. The molecule has 1 aliphatic rings. The fourth-order valence-electron chi connectivity index (χ4n) is 1.89. The van der Waals surface area contributed by atoms with E-state index in [0.29, 0.717) is 16.6 Å². The van der Waals surface area contributed by atoms with Crippen LogP contribution in [0.3, 0.4) is 0 Å². The summed E-state index contributed by atoms with van der Waals surface area (Å²) in [4.78, 5) is 11.1. The Bertz CT molecular complexity index is 370. The van der Waals surface area contributed by atoms with E-state index in [9.17, 15) is 4.79 Å². The van der Waals surface area contributed by atoms with Crippen molar-refractivity contribution in [1.29, 1.82) is 0 Å². The third kappa shape index (κ3) is 2.04. The van der Waals surface area contributed by atoms with Crippen molar-refractivity contribution >= 4 is 28.3 Å². The van der Waals surface area contributed by atoms with Gasteiger partial charge >= 0.3 is 0 Å². The Morgan fingerprint density at radius 1 is 1.47 bits per heavy atom. The van der Waals surface area contributed by atoms with Gasteiger partial charge in [0.2, 0.25) is 0 Å². The summed E-state index contributed by atoms with van der Waals surface area (Å²) in [6, 6.07) is 0.433. The van der Waals surface area contributed by atoms with E-state index in [0.717, 1.165) is 12.8 Å². The highest BCUT2D eigenvalue weighted by molar-refractivity contribution is 7.11. The Balaban J connectivity index is 2.16. The van der Waals surface area contributed by atoms with Gasteiger partial charge in [0.15, 0.2) is 5.82 Å². The van der Waals surface area contributed by atoms with Gasteiger partial charge in [-0.1, -0.05) is 12.8 Å². The Morgan fingerprint density at radius 3 is 2.73 bits per heavy atom. The molecule has 0 radical (unpaired) electrons. The van der Waals surface area contributed by atoms with Crippen molar-refractivity contribution in [1.82, 2.24) is 4.37 Å². The number of carbonyl (C=O) groups excluding carboxylic acids is 1. The summed E-state index contributed by atoms with van der Waals surface area (Å²) in [6.07, 6.45) is 4.74. The molecule has 1 heterocycles. The second-order valence-electron chi connectivity index (χ2n) is 3.76. The molecule has 0 aliphatic heterocycles. The molecule has 0 atom stereocenters. The number of hydrogen-bond acceptors (Lipinski definition) is 5. The number of amides is 1. The molecule has 0 bridgehead atoms. The van der Waals surface area contributed by atoms with Gasteiger partial charge in [0, 0.05) is 6.04 Å². The monoisotopic (exact) mass is 226 g/mol. The molecule has 1 fully saturated rings. The zero-order valence-corrected chi connectivity index (χ0v) is 9.14. The van der Waals surface area contributed by atoms with Crippen LogP contribution in [0.5, 0.6) is 0 Å². The summed E-state index contributed by atoms with van der Waals surface area (Å²) < 4.78 is 3.94. The number of nitrogens with one attached hydrogen (secondary N) is 1. The van der Waals surface area contributed by atoms with Crippen molar-refractivity contribution in [3.8, 4) is 0 Å². The molecule has 1 saturated carbocycles. The predicted octanol–water partition coefficient (Wildman–Crippen LogP) is 1.18. The Kier molecular flexibility index (Phi) is 2.77. The maximum atomic E-state index is 11.1. The Morgan fingerprint density at radius 2 is 2.13 bits per heavy atom. The van der Waals surface area contributed by atoms with Crippen LogP contribution in [-0.2, 0) is 0 Å². The van der Waals surface area contributed by atoms with Crippen molar-refractivity contribution in [2.75, 3.05) is 11.1 Å². The molecular weight excluding hydrogens is 212 g/mol. The van der Waals surface area contributed by atoms with Crippen molar-refractivity contribution in [2.24, 2.45) is 5.73 Å². The quantitative estimate of drug-likeness (QED) is 0.721. The van der Waals surface area contributed by atoms with E-state index in [4.69, 9.17) is 11.5 Å². The lowest BCUT2D eigenvalue weighted by Gasteiger charge is -2.11. The molecule has 0 aromatic carbocycles. The molecule has 1 aliphatic carbocycles. The average Bonchev–Trinajstić information content (AvgIpc) is 2.76. The van der Waals surface area contributed by atoms with E-state index in [2.05, 4.69) is 9.69 Å². The van der Waals surface area contributed by atoms with Gasteiger partial charge in [-0.25, -0.2) is 0 Å². The minimum absolute atomic E-state index is 0.230. The van der Waals surface area contributed by atoms with Gasteiger partial charge < -0.3 is 16.8 Å². The van der Waals surface area contributed by atoms with E-state index in [-0.39, 0.29) is 5.82 Å². The number of anilines is 2. The maximum Gasteiger partial charge on any atom is 0.255 e. The number of carbonyl (C=O) groups is 1.